The molecule has 0 aliphatic rings. The van der Waals surface area contributed by atoms with E-state index in [2.05, 4.69) is 10.6 Å². The van der Waals surface area contributed by atoms with Gasteiger partial charge < -0.3 is 15.4 Å². The second-order valence-corrected chi connectivity index (χ2v) is 8.45. The summed E-state index contributed by atoms with van der Waals surface area (Å²) in [5.74, 6) is -0.518. The quantitative estimate of drug-likeness (QED) is 0.285. The molecule has 36 heavy (non-hydrogen) atoms. The molecular formula is C29H23ClN2O4. The molecular weight excluding hydrogens is 476 g/mol. The molecule has 0 fully saturated rings. The summed E-state index contributed by atoms with van der Waals surface area (Å²) in [5, 5.41) is 5.97. The molecule has 180 valence electrons. The Morgan fingerprint density at radius 2 is 1.44 bits per heavy atom. The van der Waals surface area contributed by atoms with Crippen LogP contribution in [0, 0.1) is 6.92 Å². The summed E-state index contributed by atoms with van der Waals surface area (Å²) < 4.78 is 5.57. The number of benzene rings is 4. The van der Waals surface area contributed by atoms with Crippen LogP contribution in [-0.4, -0.2) is 24.2 Å². The molecule has 0 saturated carbocycles. The van der Waals surface area contributed by atoms with E-state index in [1.807, 2.05) is 37.3 Å². The highest BCUT2D eigenvalue weighted by atomic mass is 35.5. The van der Waals surface area contributed by atoms with Crippen LogP contribution in [0.2, 0.25) is 5.02 Å². The van der Waals surface area contributed by atoms with Crippen molar-refractivity contribution in [1.29, 1.82) is 0 Å². The van der Waals surface area contributed by atoms with Crippen molar-refractivity contribution in [3.63, 3.8) is 0 Å². The lowest BCUT2D eigenvalue weighted by molar-refractivity contribution is -0.118. The predicted octanol–water partition coefficient (Wildman–Crippen LogP) is 6.15. The van der Waals surface area contributed by atoms with Gasteiger partial charge in [-0.25, -0.2) is 0 Å². The number of hydrogen-bond donors (Lipinski definition) is 2. The number of aryl methyl sites for hydroxylation is 1. The van der Waals surface area contributed by atoms with Crippen LogP contribution in [0.4, 0.5) is 11.4 Å². The van der Waals surface area contributed by atoms with Crippen LogP contribution in [0.25, 0.3) is 0 Å². The van der Waals surface area contributed by atoms with Gasteiger partial charge in [0, 0.05) is 27.4 Å². The fraction of sp³-hybridized carbons (Fsp3) is 0.0690. The first kappa shape index (κ1) is 24.7. The van der Waals surface area contributed by atoms with E-state index in [4.69, 9.17) is 16.3 Å². The lowest BCUT2D eigenvalue weighted by Gasteiger charge is -2.12. The molecule has 2 amide bonds. The Morgan fingerprint density at radius 3 is 2.17 bits per heavy atom. The van der Waals surface area contributed by atoms with Gasteiger partial charge in [-0.1, -0.05) is 60.1 Å². The third-order valence-electron chi connectivity index (χ3n) is 5.42. The Kier molecular flexibility index (Phi) is 7.78. The maximum Gasteiger partial charge on any atom is 0.262 e. The van der Waals surface area contributed by atoms with E-state index in [0.29, 0.717) is 27.6 Å². The SMILES string of the molecule is Cc1ccccc1NC(=O)c1ccc(OCC(=O)Nc2ccc(Cl)cc2C(=O)c2ccccc2)cc1. The smallest absolute Gasteiger partial charge is 0.262 e. The zero-order valence-corrected chi connectivity index (χ0v) is 20.2. The molecule has 0 unspecified atom stereocenters. The molecule has 0 aliphatic carbocycles. The van der Waals surface area contributed by atoms with Gasteiger partial charge in [0.05, 0.1) is 5.69 Å². The number of ketones is 1. The van der Waals surface area contributed by atoms with E-state index in [0.717, 1.165) is 11.3 Å². The molecule has 4 aromatic rings. The fourth-order valence-electron chi connectivity index (χ4n) is 3.50. The number of rotatable bonds is 8. The third kappa shape index (κ3) is 6.17. The van der Waals surface area contributed by atoms with E-state index < -0.39 is 5.91 Å². The Balaban J connectivity index is 1.37. The van der Waals surface area contributed by atoms with E-state index in [1.54, 1.807) is 60.7 Å². The number of para-hydroxylation sites is 1. The van der Waals surface area contributed by atoms with Crippen molar-refractivity contribution in [3.05, 3.63) is 124 Å². The molecule has 0 aliphatic heterocycles. The van der Waals surface area contributed by atoms with Gasteiger partial charge in [0.1, 0.15) is 5.75 Å². The number of amides is 2. The number of anilines is 2. The summed E-state index contributed by atoms with van der Waals surface area (Å²) in [6.45, 7) is 1.64. The lowest BCUT2D eigenvalue weighted by atomic mass is 10.0. The standard InChI is InChI=1S/C29H23ClN2O4/c1-19-7-5-6-10-25(19)32-29(35)21-11-14-23(15-12-21)36-18-27(33)31-26-16-13-22(30)17-24(26)28(34)20-8-3-2-4-9-20/h2-17H,18H2,1H3,(H,31,33)(H,32,35). The fourth-order valence-corrected chi connectivity index (χ4v) is 3.68. The average Bonchev–Trinajstić information content (AvgIpc) is 2.90. The molecule has 2 N–H and O–H groups in total. The molecule has 0 radical (unpaired) electrons. The Morgan fingerprint density at radius 1 is 0.750 bits per heavy atom. The van der Waals surface area contributed by atoms with Crippen molar-refractivity contribution in [2.45, 2.75) is 6.92 Å². The van der Waals surface area contributed by atoms with E-state index in [9.17, 15) is 14.4 Å². The molecule has 4 aromatic carbocycles. The minimum absolute atomic E-state index is 0.244. The van der Waals surface area contributed by atoms with Crippen LogP contribution >= 0.6 is 11.6 Å². The normalized spacial score (nSPS) is 10.4. The Bertz CT molecular complexity index is 1400. The summed E-state index contributed by atoms with van der Waals surface area (Å²) >= 11 is 6.10. The van der Waals surface area contributed by atoms with Gasteiger partial charge in [-0.15, -0.1) is 0 Å². The summed E-state index contributed by atoms with van der Waals surface area (Å²) in [4.78, 5) is 38.0. The predicted molar refractivity (Wildman–Crippen MR) is 141 cm³/mol. The highest BCUT2D eigenvalue weighted by Gasteiger charge is 2.16. The van der Waals surface area contributed by atoms with Gasteiger partial charge in [0.25, 0.3) is 11.8 Å². The summed E-state index contributed by atoms with van der Waals surface area (Å²) in [5.41, 5.74) is 3.27. The highest BCUT2D eigenvalue weighted by molar-refractivity contribution is 6.31. The van der Waals surface area contributed by atoms with Gasteiger partial charge in [-0.2, -0.15) is 0 Å². The summed E-state index contributed by atoms with van der Waals surface area (Å²) in [6.07, 6.45) is 0. The van der Waals surface area contributed by atoms with E-state index in [1.165, 1.54) is 6.07 Å². The van der Waals surface area contributed by atoms with E-state index >= 15 is 0 Å². The summed E-state index contributed by atoms with van der Waals surface area (Å²) in [7, 11) is 0. The molecule has 0 spiro atoms. The number of carbonyl (C=O) groups excluding carboxylic acids is 3. The van der Waals surface area contributed by atoms with Crippen molar-refractivity contribution in [1.82, 2.24) is 0 Å². The molecule has 6 nitrogen and oxygen atoms in total. The first-order chi connectivity index (χ1) is 17.4. The van der Waals surface area contributed by atoms with Crippen LogP contribution < -0.4 is 15.4 Å². The minimum Gasteiger partial charge on any atom is -0.484 e. The Labute approximate surface area is 213 Å². The zero-order chi connectivity index (χ0) is 25.5. The van der Waals surface area contributed by atoms with Crippen molar-refractivity contribution < 1.29 is 19.1 Å². The number of hydrogen-bond acceptors (Lipinski definition) is 4. The third-order valence-corrected chi connectivity index (χ3v) is 5.65. The zero-order valence-electron chi connectivity index (χ0n) is 19.5. The van der Waals surface area contributed by atoms with Crippen molar-refractivity contribution in [2.24, 2.45) is 0 Å². The van der Waals surface area contributed by atoms with Gasteiger partial charge in [-0.05, 0) is 61.0 Å². The van der Waals surface area contributed by atoms with Gasteiger partial charge in [-0.3, -0.25) is 14.4 Å². The number of nitrogens with one attached hydrogen (secondary N) is 2. The molecule has 7 heteroatoms. The van der Waals surface area contributed by atoms with Gasteiger partial charge >= 0.3 is 0 Å². The summed E-state index contributed by atoms with van der Waals surface area (Å²) in [6, 6.07) is 27.4. The van der Waals surface area contributed by atoms with Crippen LogP contribution in [-0.2, 0) is 4.79 Å². The van der Waals surface area contributed by atoms with Crippen molar-refractivity contribution in [2.75, 3.05) is 17.2 Å². The molecule has 0 bridgehead atoms. The largest absolute Gasteiger partial charge is 0.484 e. The number of ether oxygens (including phenoxy) is 1. The number of halogens is 1. The highest BCUT2D eigenvalue weighted by Crippen LogP contribution is 2.24. The van der Waals surface area contributed by atoms with Gasteiger partial charge in [0.2, 0.25) is 0 Å². The first-order valence-electron chi connectivity index (χ1n) is 11.2. The number of carbonyl (C=O) groups is 3. The lowest BCUT2D eigenvalue weighted by Crippen LogP contribution is -2.21. The molecule has 0 heterocycles. The molecule has 0 aromatic heterocycles. The van der Waals surface area contributed by atoms with Crippen LogP contribution in [0.5, 0.6) is 5.75 Å². The van der Waals surface area contributed by atoms with Crippen LogP contribution in [0.1, 0.15) is 31.8 Å². The van der Waals surface area contributed by atoms with Crippen molar-refractivity contribution >= 4 is 40.6 Å². The van der Waals surface area contributed by atoms with Crippen LogP contribution in [0.3, 0.4) is 0 Å². The average molecular weight is 499 g/mol. The second kappa shape index (κ2) is 11.3. The Hall–Kier alpha value is -4.42. The monoisotopic (exact) mass is 498 g/mol. The topological polar surface area (TPSA) is 84.5 Å². The first-order valence-corrected chi connectivity index (χ1v) is 11.6. The maximum atomic E-state index is 12.9. The minimum atomic E-state index is -0.444. The maximum absolute atomic E-state index is 12.9. The van der Waals surface area contributed by atoms with Gasteiger partial charge in [0.15, 0.2) is 12.4 Å². The molecule has 0 atom stereocenters. The van der Waals surface area contributed by atoms with E-state index in [-0.39, 0.29) is 23.9 Å². The second-order valence-electron chi connectivity index (χ2n) is 8.02. The molecule has 4 rings (SSSR count). The van der Waals surface area contributed by atoms with Crippen LogP contribution in [0.15, 0.2) is 97.1 Å². The van der Waals surface area contributed by atoms with Crippen molar-refractivity contribution in [3.8, 4) is 5.75 Å². The molecule has 0 saturated heterocycles.